The average Bonchev–Trinajstić information content (AvgIpc) is 3.26. The number of alkyl carbamates (subject to hydrolysis) is 1. The molecule has 0 saturated carbocycles. The van der Waals surface area contributed by atoms with E-state index in [2.05, 4.69) is 21.4 Å². The summed E-state index contributed by atoms with van der Waals surface area (Å²) in [6.07, 6.45) is 8.86. The third-order valence-corrected chi connectivity index (χ3v) is 7.58. The number of pyridine rings is 1. The van der Waals surface area contributed by atoms with Crippen LogP contribution in [0.4, 0.5) is 15.0 Å². The number of amides is 2. The van der Waals surface area contributed by atoms with Gasteiger partial charge in [0, 0.05) is 62.1 Å². The van der Waals surface area contributed by atoms with E-state index >= 15 is 0 Å². The topological polar surface area (TPSA) is 107 Å². The molecule has 1 spiro atoms. The predicted molar refractivity (Wildman–Crippen MR) is 127 cm³/mol. The van der Waals surface area contributed by atoms with Crippen LogP contribution in [0.25, 0.3) is 0 Å². The van der Waals surface area contributed by atoms with Crippen LogP contribution in [0.15, 0.2) is 57.6 Å². The van der Waals surface area contributed by atoms with Gasteiger partial charge in [0.15, 0.2) is 0 Å². The fourth-order valence-electron chi connectivity index (χ4n) is 5.85. The Hall–Kier alpha value is -3.69. The molecular formula is C25H26FN5O4. The Labute approximate surface area is 201 Å². The maximum Gasteiger partial charge on any atom is 0.413 e. The molecule has 35 heavy (non-hydrogen) atoms. The molecule has 9 nitrogen and oxygen atoms in total. The van der Waals surface area contributed by atoms with Crippen LogP contribution in [-0.4, -0.2) is 65.5 Å². The summed E-state index contributed by atoms with van der Waals surface area (Å²) in [4.78, 5) is 49.0. The zero-order chi connectivity index (χ0) is 24.2. The zero-order valence-electron chi connectivity index (χ0n) is 19.1. The van der Waals surface area contributed by atoms with Crippen molar-refractivity contribution in [3.05, 3.63) is 63.8 Å². The van der Waals surface area contributed by atoms with E-state index in [1.165, 1.54) is 12.1 Å². The lowest BCUT2D eigenvalue weighted by molar-refractivity contribution is 0.0203. The van der Waals surface area contributed by atoms with Crippen molar-refractivity contribution in [2.45, 2.75) is 37.3 Å². The highest BCUT2D eigenvalue weighted by Crippen LogP contribution is 2.39. The minimum absolute atomic E-state index is 0.0427. The van der Waals surface area contributed by atoms with Crippen LogP contribution in [-0.2, 0) is 4.74 Å². The number of nitrogens with one attached hydrogen (secondary N) is 2. The first kappa shape index (κ1) is 21.8. The molecule has 2 N–H and O–H groups in total. The number of carbonyl (C=O) groups is 2. The van der Waals surface area contributed by atoms with Crippen molar-refractivity contribution in [3.63, 3.8) is 0 Å². The van der Waals surface area contributed by atoms with Gasteiger partial charge in [-0.2, -0.15) is 0 Å². The highest BCUT2D eigenvalue weighted by Gasteiger charge is 2.47. The summed E-state index contributed by atoms with van der Waals surface area (Å²) in [6.45, 7) is 2.22. The Balaban J connectivity index is 1.21. The highest BCUT2D eigenvalue weighted by atomic mass is 19.1. The molecule has 0 radical (unpaired) electrons. The van der Waals surface area contributed by atoms with Crippen LogP contribution >= 0.6 is 0 Å². The quantitative estimate of drug-likeness (QED) is 0.678. The van der Waals surface area contributed by atoms with Crippen LogP contribution in [0.5, 0.6) is 0 Å². The number of halogens is 1. The molecule has 3 fully saturated rings. The number of hydrogen-bond acceptors (Lipinski definition) is 6. The molecule has 4 aliphatic heterocycles. The predicted octanol–water partition coefficient (Wildman–Crippen LogP) is 2.44. The summed E-state index contributed by atoms with van der Waals surface area (Å²) in [6, 6.07) is 2.82. The number of carbonyl (C=O) groups excluding carboxylic acids is 2. The van der Waals surface area contributed by atoms with Gasteiger partial charge in [-0.1, -0.05) is 12.2 Å². The van der Waals surface area contributed by atoms with Gasteiger partial charge in [0.2, 0.25) is 5.56 Å². The lowest BCUT2D eigenvalue weighted by Crippen LogP contribution is -2.58. The van der Waals surface area contributed by atoms with Crippen molar-refractivity contribution in [2.75, 3.05) is 31.1 Å². The Morgan fingerprint density at radius 2 is 2.03 bits per heavy atom. The van der Waals surface area contributed by atoms with E-state index in [0.29, 0.717) is 62.7 Å². The van der Waals surface area contributed by atoms with Gasteiger partial charge in [0.05, 0.1) is 6.04 Å². The lowest BCUT2D eigenvalue weighted by atomic mass is 9.81. The minimum Gasteiger partial charge on any atom is -0.437 e. The number of aliphatic imine (C=N–C) groups is 1. The minimum atomic E-state index is -0.730. The second kappa shape index (κ2) is 8.21. The fraction of sp³-hybridized carbons (Fsp3) is 0.440. The first-order chi connectivity index (χ1) is 16.9. The van der Waals surface area contributed by atoms with E-state index in [0.717, 1.165) is 12.0 Å². The van der Waals surface area contributed by atoms with Crippen molar-refractivity contribution in [1.29, 1.82) is 0 Å². The second-order valence-corrected chi connectivity index (χ2v) is 9.60. The summed E-state index contributed by atoms with van der Waals surface area (Å²) in [5.41, 5.74) is 0.150. The standard InChI is InChI=1S/C25H26FN5O4/c26-17-3-4-19-15(12-17)5-9-31(19)23(33)16-13-20(28-21(32)14-16)30-10-6-25(7-11-30)18-2-1-8-27-22(18)29-24(34)35-25/h2-4,12-15,19H,1,5-11H2,(H,28,32)(H,27,29,34). The number of rotatable bonds is 2. The van der Waals surface area contributed by atoms with Gasteiger partial charge in [-0.3, -0.25) is 19.9 Å². The van der Waals surface area contributed by atoms with Crippen LogP contribution in [0.2, 0.25) is 0 Å². The molecule has 2 atom stereocenters. The van der Waals surface area contributed by atoms with E-state index in [1.54, 1.807) is 23.1 Å². The summed E-state index contributed by atoms with van der Waals surface area (Å²) in [7, 11) is 0. The molecule has 3 saturated heterocycles. The van der Waals surface area contributed by atoms with Crippen LogP contribution < -0.4 is 15.8 Å². The SMILES string of the molecule is O=C1NC2=NCCC=C2C2(CCN(c3cc(C(=O)N4CCC5C=C(F)C=CC54)cc(=O)[nH]3)CC2)O1. The number of piperidine rings is 1. The number of allylic oxidation sites excluding steroid dienone is 2. The monoisotopic (exact) mass is 479 g/mol. The van der Waals surface area contributed by atoms with Gasteiger partial charge in [0.1, 0.15) is 23.1 Å². The highest BCUT2D eigenvalue weighted by molar-refractivity contribution is 6.10. The van der Waals surface area contributed by atoms with Crippen LogP contribution in [0.1, 0.15) is 36.0 Å². The number of aromatic amines is 1. The molecule has 1 aromatic rings. The third-order valence-electron chi connectivity index (χ3n) is 7.58. The Morgan fingerprint density at radius 3 is 2.86 bits per heavy atom. The number of H-pyrrole nitrogens is 1. The maximum atomic E-state index is 13.6. The van der Waals surface area contributed by atoms with Crippen LogP contribution in [0, 0.1) is 5.92 Å². The average molecular weight is 480 g/mol. The number of aromatic nitrogens is 1. The van der Waals surface area contributed by atoms with E-state index in [1.807, 2.05) is 4.90 Å². The number of hydrogen-bond donors (Lipinski definition) is 2. The van der Waals surface area contributed by atoms with Crippen LogP contribution in [0.3, 0.4) is 0 Å². The largest absolute Gasteiger partial charge is 0.437 e. The molecular weight excluding hydrogens is 453 g/mol. The Bertz CT molecular complexity index is 1270. The molecule has 2 amide bonds. The number of nitrogens with zero attached hydrogens (tertiary/aromatic N) is 3. The van der Waals surface area contributed by atoms with E-state index < -0.39 is 11.7 Å². The molecule has 0 bridgehead atoms. The van der Waals surface area contributed by atoms with E-state index in [9.17, 15) is 18.8 Å². The van der Waals surface area contributed by atoms with E-state index in [-0.39, 0.29) is 29.3 Å². The summed E-state index contributed by atoms with van der Waals surface area (Å²) >= 11 is 0. The van der Waals surface area contributed by atoms with Gasteiger partial charge in [-0.05, 0) is 31.1 Å². The molecule has 2 unspecified atom stereocenters. The number of likely N-dealkylation sites (tertiary alicyclic amines) is 1. The maximum absolute atomic E-state index is 13.6. The van der Waals surface area contributed by atoms with Gasteiger partial charge >= 0.3 is 6.09 Å². The number of amidine groups is 1. The van der Waals surface area contributed by atoms with Crippen molar-refractivity contribution in [2.24, 2.45) is 10.9 Å². The molecule has 5 aliphatic rings. The second-order valence-electron chi connectivity index (χ2n) is 9.60. The molecule has 5 heterocycles. The normalized spacial score (nSPS) is 26.8. The van der Waals surface area contributed by atoms with Crippen molar-refractivity contribution in [3.8, 4) is 0 Å². The smallest absolute Gasteiger partial charge is 0.413 e. The van der Waals surface area contributed by atoms with Gasteiger partial charge < -0.3 is 19.5 Å². The number of anilines is 1. The first-order valence-electron chi connectivity index (χ1n) is 12.0. The molecule has 6 rings (SSSR count). The van der Waals surface area contributed by atoms with Crippen molar-refractivity contribution in [1.82, 2.24) is 15.2 Å². The Morgan fingerprint density at radius 1 is 1.20 bits per heavy atom. The molecule has 10 heteroatoms. The van der Waals surface area contributed by atoms with E-state index in [4.69, 9.17) is 4.74 Å². The number of ether oxygens (including phenoxy) is 1. The number of fused-ring (bicyclic) bond motifs is 3. The summed E-state index contributed by atoms with van der Waals surface area (Å²) < 4.78 is 19.4. The summed E-state index contributed by atoms with van der Waals surface area (Å²) in [5.74, 6) is 0.600. The Kier molecular flexibility index (Phi) is 5.12. The third kappa shape index (κ3) is 3.77. The van der Waals surface area contributed by atoms with Crippen molar-refractivity contribution >= 4 is 23.7 Å². The molecule has 1 aliphatic carbocycles. The van der Waals surface area contributed by atoms with Gasteiger partial charge in [-0.25, -0.2) is 9.18 Å². The zero-order valence-corrected chi connectivity index (χ0v) is 19.1. The number of dihydropyridines is 1. The lowest BCUT2D eigenvalue weighted by Gasteiger charge is -2.46. The molecule has 0 aromatic carbocycles. The molecule has 182 valence electrons. The van der Waals surface area contributed by atoms with Gasteiger partial charge in [-0.15, -0.1) is 0 Å². The fourth-order valence-corrected chi connectivity index (χ4v) is 5.85. The summed E-state index contributed by atoms with van der Waals surface area (Å²) in [5, 5.41) is 2.70. The van der Waals surface area contributed by atoms with Crippen molar-refractivity contribution < 1.29 is 18.7 Å². The molecule has 1 aromatic heterocycles. The first-order valence-corrected chi connectivity index (χ1v) is 12.0. The van der Waals surface area contributed by atoms with Gasteiger partial charge in [0.25, 0.3) is 5.91 Å².